The Bertz CT molecular complexity index is 923. The number of halogens is 1. The molecule has 28 heavy (non-hydrogen) atoms. The first-order chi connectivity index (χ1) is 13.7. The third-order valence-corrected chi connectivity index (χ3v) is 5.55. The maximum atomic E-state index is 12.7. The summed E-state index contributed by atoms with van der Waals surface area (Å²) >= 11 is 3.43. The first-order valence-corrected chi connectivity index (χ1v) is 10.3. The van der Waals surface area contributed by atoms with Gasteiger partial charge >= 0.3 is 0 Å². The van der Waals surface area contributed by atoms with E-state index in [9.17, 15) is 4.79 Å². The van der Waals surface area contributed by atoms with Crippen molar-refractivity contribution in [3.05, 3.63) is 82.6 Å². The zero-order chi connectivity index (χ0) is 19.3. The van der Waals surface area contributed by atoms with Crippen LogP contribution in [-0.2, 0) is 6.54 Å². The van der Waals surface area contributed by atoms with E-state index in [2.05, 4.69) is 55.5 Å². The average Bonchev–Trinajstić information content (AvgIpc) is 3.20. The molecule has 6 heteroatoms. The van der Waals surface area contributed by atoms with Crippen molar-refractivity contribution in [3.8, 4) is 5.69 Å². The number of nitrogens with zero attached hydrogens (tertiary/aromatic N) is 3. The highest BCUT2D eigenvalue weighted by molar-refractivity contribution is 9.10. The van der Waals surface area contributed by atoms with Crippen LogP contribution in [0.15, 0.2) is 71.5 Å². The Morgan fingerprint density at radius 1 is 1.14 bits per heavy atom. The van der Waals surface area contributed by atoms with Crippen LogP contribution in [0.4, 0.5) is 0 Å². The summed E-state index contributed by atoms with van der Waals surface area (Å²) in [5.74, 6) is -0.0603. The lowest BCUT2D eigenvalue weighted by molar-refractivity contribution is 0.0901. The van der Waals surface area contributed by atoms with Gasteiger partial charge in [0.05, 0.1) is 17.4 Å². The molecular weight excluding hydrogens is 416 g/mol. The predicted molar refractivity (Wildman–Crippen MR) is 113 cm³/mol. The highest BCUT2D eigenvalue weighted by Gasteiger charge is 2.22. The lowest BCUT2D eigenvalue weighted by Crippen LogP contribution is -2.47. The zero-order valence-electron chi connectivity index (χ0n) is 15.6. The van der Waals surface area contributed by atoms with E-state index in [1.54, 1.807) is 17.1 Å². The molecule has 4 rings (SSSR count). The van der Waals surface area contributed by atoms with Gasteiger partial charge in [-0.15, -0.1) is 0 Å². The molecule has 0 spiro atoms. The number of likely N-dealkylation sites (tertiary alicyclic amines) is 1. The van der Waals surface area contributed by atoms with E-state index >= 15 is 0 Å². The van der Waals surface area contributed by atoms with Crippen LogP contribution in [-0.4, -0.2) is 39.7 Å². The third kappa shape index (κ3) is 4.69. The van der Waals surface area contributed by atoms with Crippen molar-refractivity contribution in [3.63, 3.8) is 0 Å². The van der Waals surface area contributed by atoms with Gasteiger partial charge in [-0.3, -0.25) is 9.69 Å². The minimum Gasteiger partial charge on any atom is -0.348 e. The van der Waals surface area contributed by atoms with Gasteiger partial charge in [-0.1, -0.05) is 46.3 Å². The smallest absolute Gasteiger partial charge is 0.254 e. The van der Waals surface area contributed by atoms with E-state index in [0.29, 0.717) is 5.56 Å². The predicted octanol–water partition coefficient (Wildman–Crippen LogP) is 4.03. The Morgan fingerprint density at radius 3 is 2.71 bits per heavy atom. The van der Waals surface area contributed by atoms with Crippen molar-refractivity contribution >= 4 is 21.8 Å². The lowest BCUT2D eigenvalue weighted by Gasteiger charge is -2.33. The maximum Gasteiger partial charge on any atom is 0.254 e. The van der Waals surface area contributed by atoms with Crippen LogP contribution in [0.5, 0.6) is 0 Å². The summed E-state index contributed by atoms with van der Waals surface area (Å²) < 4.78 is 2.74. The van der Waals surface area contributed by atoms with Crippen molar-refractivity contribution in [2.24, 2.45) is 0 Å². The van der Waals surface area contributed by atoms with Crippen LogP contribution in [0, 0.1) is 0 Å². The van der Waals surface area contributed by atoms with Gasteiger partial charge in [-0.2, -0.15) is 5.10 Å². The normalized spacial score (nSPS) is 17.4. The van der Waals surface area contributed by atoms with E-state index in [0.717, 1.165) is 42.6 Å². The molecule has 1 aliphatic rings. The summed E-state index contributed by atoms with van der Waals surface area (Å²) in [5, 5.41) is 7.51. The molecule has 0 aliphatic carbocycles. The van der Waals surface area contributed by atoms with E-state index in [4.69, 9.17) is 0 Å². The number of carbonyl (C=O) groups is 1. The molecule has 1 fully saturated rings. The molecule has 1 atom stereocenters. The Morgan fingerprint density at radius 2 is 1.93 bits per heavy atom. The SMILES string of the molecule is O=C(NC1CCCN(Cc2ccccc2)C1)c1cnn(-c2ccc(Br)cc2)c1. The Balaban J connectivity index is 1.36. The molecule has 3 aromatic rings. The lowest BCUT2D eigenvalue weighted by atomic mass is 10.0. The van der Waals surface area contributed by atoms with Gasteiger partial charge in [-0.25, -0.2) is 4.68 Å². The van der Waals surface area contributed by atoms with Crippen LogP contribution in [0.3, 0.4) is 0 Å². The van der Waals surface area contributed by atoms with Gasteiger partial charge in [0.2, 0.25) is 0 Å². The fourth-order valence-corrected chi connectivity index (χ4v) is 3.87. The van der Waals surface area contributed by atoms with Crippen molar-refractivity contribution in [2.45, 2.75) is 25.4 Å². The topological polar surface area (TPSA) is 50.2 Å². The standard InChI is InChI=1S/C22H23BrN4O/c23-19-8-10-21(11-9-19)27-15-18(13-24-27)22(28)25-20-7-4-12-26(16-20)14-17-5-2-1-3-6-17/h1-3,5-6,8-11,13,15,20H,4,7,12,14,16H2,(H,25,28). The minimum absolute atomic E-state index is 0.0603. The van der Waals surface area contributed by atoms with Crippen LogP contribution >= 0.6 is 15.9 Å². The fraction of sp³-hybridized carbons (Fsp3) is 0.273. The highest BCUT2D eigenvalue weighted by Crippen LogP contribution is 2.16. The molecule has 2 aromatic carbocycles. The average molecular weight is 439 g/mol. The van der Waals surface area contributed by atoms with Gasteiger partial charge in [0.25, 0.3) is 5.91 Å². The molecule has 1 aliphatic heterocycles. The zero-order valence-corrected chi connectivity index (χ0v) is 17.2. The van der Waals surface area contributed by atoms with E-state index in [1.807, 2.05) is 30.3 Å². The molecular formula is C22H23BrN4O. The molecule has 0 bridgehead atoms. The van der Waals surface area contributed by atoms with Crippen molar-refractivity contribution in [2.75, 3.05) is 13.1 Å². The van der Waals surface area contributed by atoms with Crippen LogP contribution < -0.4 is 5.32 Å². The number of piperidine rings is 1. The summed E-state index contributed by atoms with van der Waals surface area (Å²) in [7, 11) is 0. The van der Waals surface area contributed by atoms with Crippen LogP contribution in [0.1, 0.15) is 28.8 Å². The molecule has 1 amide bonds. The summed E-state index contributed by atoms with van der Waals surface area (Å²) in [6.45, 7) is 2.87. The van der Waals surface area contributed by atoms with E-state index in [-0.39, 0.29) is 11.9 Å². The Labute approximate surface area is 173 Å². The van der Waals surface area contributed by atoms with Crippen molar-refractivity contribution < 1.29 is 4.79 Å². The van der Waals surface area contributed by atoms with Gasteiger partial charge in [0.15, 0.2) is 0 Å². The first-order valence-electron chi connectivity index (χ1n) is 9.55. The number of hydrogen-bond donors (Lipinski definition) is 1. The number of benzene rings is 2. The minimum atomic E-state index is -0.0603. The summed E-state index contributed by atoms with van der Waals surface area (Å²) in [6.07, 6.45) is 5.51. The van der Waals surface area contributed by atoms with Gasteiger partial charge in [0, 0.05) is 29.8 Å². The van der Waals surface area contributed by atoms with Crippen LogP contribution in [0.25, 0.3) is 5.69 Å². The second-order valence-corrected chi connectivity index (χ2v) is 8.10. The fourth-order valence-electron chi connectivity index (χ4n) is 3.60. The largest absolute Gasteiger partial charge is 0.348 e. The number of hydrogen-bond acceptors (Lipinski definition) is 3. The van der Waals surface area contributed by atoms with Crippen molar-refractivity contribution in [1.29, 1.82) is 0 Å². The molecule has 1 saturated heterocycles. The highest BCUT2D eigenvalue weighted by atomic mass is 79.9. The molecule has 144 valence electrons. The van der Waals surface area contributed by atoms with E-state index < -0.39 is 0 Å². The Kier molecular flexibility index (Phi) is 5.88. The quantitative estimate of drug-likeness (QED) is 0.653. The molecule has 2 heterocycles. The van der Waals surface area contributed by atoms with Crippen LogP contribution in [0.2, 0.25) is 0 Å². The number of carbonyl (C=O) groups excluding carboxylic acids is 1. The molecule has 1 N–H and O–H groups in total. The molecule has 1 unspecified atom stereocenters. The molecule has 0 saturated carbocycles. The van der Waals surface area contributed by atoms with Gasteiger partial charge < -0.3 is 5.32 Å². The number of nitrogens with one attached hydrogen (secondary N) is 1. The molecule has 0 radical (unpaired) electrons. The monoisotopic (exact) mass is 438 g/mol. The molecule has 1 aromatic heterocycles. The van der Waals surface area contributed by atoms with Gasteiger partial charge in [0.1, 0.15) is 0 Å². The number of rotatable bonds is 5. The second kappa shape index (κ2) is 8.71. The summed E-state index contributed by atoms with van der Waals surface area (Å²) in [4.78, 5) is 15.1. The third-order valence-electron chi connectivity index (χ3n) is 5.03. The van der Waals surface area contributed by atoms with Crippen molar-refractivity contribution in [1.82, 2.24) is 20.0 Å². The summed E-state index contributed by atoms with van der Waals surface area (Å²) in [6, 6.07) is 18.5. The number of amides is 1. The van der Waals surface area contributed by atoms with Gasteiger partial charge in [-0.05, 0) is 49.2 Å². The Hall–Kier alpha value is -2.44. The molecule has 5 nitrogen and oxygen atoms in total. The summed E-state index contributed by atoms with van der Waals surface area (Å²) in [5.41, 5.74) is 2.82. The van der Waals surface area contributed by atoms with E-state index in [1.165, 1.54) is 5.56 Å². The first kappa shape index (κ1) is 18.9. The second-order valence-electron chi connectivity index (χ2n) is 7.18. The maximum absolute atomic E-state index is 12.7. The number of aromatic nitrogens is 2.